The first kappa shape index (κ1) is 16.1. The number of benzene rings is 1. The summed E-state index contributed by atoms with van der Waals surface area (Å²) in [5, 5.41) is 0. The van der Waals surface area contributed by atoms with Gasteiger partial charge in [-0.05, 0) is 42.5 Å². The fourth-order valence-electron chi connectivity index (χ4n) is 3.86. The molecule has 1 amide bonds. The Morgan fingerprint density at radius 3 is 2.36 bits per heavy atom. The van der Waals surface area contributed by atoms with E-state index < -0.39 is 0 Å². The molecule has 0 unspecified atom stereocenters. The van der Waals surface area contributed by atoms with Gasteiger partial charge in [0.05, 0.1) is 11.9 Å². The van der Waals surface area contributed by atoms with Crippen molar-refractivity contribution in [3.8, 4) is 0 Å². The highest BCUT2D eigenvalue weighted by molar-refractivity contribution is 5.92. The number of hydrogen-bond donors (Lipinski definition) is 0. The van der Waals surface area contributed by atoms with Crippen molar-refractivity contribution in [1.29, 1.82) is 0 Å². The van der Waals surface area contributed by atoms with Crippen LogP contribution in [-0.4, -0.2) is 35.4 Å². The summed E-state index contributed by atoms with van der Waals surface area (Å²) in [5.74, 6) is 0.0388. The van der Waals surface area contributed by atoms with Crippen LogP contribution in [0.15, 0.2) is 42.6 Å². The van der Waals surface area contributed by atoms with Gasteiger partial charge in [0.25, 0.3) is 5.91 Å². The summed E-state index contributed by atoms with van der Waals surface area (Å²) in [7, 11) is 0. The van der Waals surface area contributed by atoms with E-state index >= 15 is 0 Å². The first-order valence-electron chi connectivity index (χ1n) is 9.38. The van der Waals surface area contributed by atoms with Crippen molar-refractivity contribution in [2.45, 2.75) is 38.6 Å². The summed E-state index contributed by atoms with van der Waals surface area (Å²) < 4.78 is 0. The molecule has 25 heavy (non-hydrogen) atoms. The largest absolute Gasteiger partial charge is 0.370 e. The van der Waals surface area contributed by atoms with Gasteiger partial charge in [-0.25, -0.2) is 4.98 Å². The van der Waals surface area contributed by atoms with Gasteiger partial charge < -0.3 is 9.80 Å². The van der Waals surface area contributed by atoms with Gasteiger partial charge in [0.1, 0.15) is 5.69 Å². The first-order chi connectivity index (χ1) is 12.3. The zero-order valence-corrected chi connectivity index (χ0v) is 14.7. The number of hydrogen-bond acceptors (Lipinski definition) is 3. The van der Waals surface area contributed by atoms with Crippen molar-refractivity contribution < 1.29 is 4.79 Å². The second kappa shape index (κ2) is 7.26. The monoisotopic (exact) mass is 335 g/mol. The quantitative estimate of drug-likeness (QED) is 0.840. The van der Waals surface area contributed by atoms with Crippen LogP contribution in [0, 0.1) is 0 Å². The van der Waals surface area contributed by atoms with Crippen molar-refractivity contribution in [1.82, 2.24) is 9.88 Å². The zero-order chi connectivity index (χ0) is 17.1. The molecule has 3 heterocycles. The topological polar surface area (TPSA) is 36.4 Å². The summed E-state index contributed by atoms with van der Waals surface area (Å²) in [6.45, 7) is 3.64. The van der Waals surface area contributed by atoms with E-state index in [1.807, 2.05) is 23.2 Å². The lowest BCUT2D eigenvalue weighted by Gasteiger charge is -2.28. The number of carbonyl (C=O) groups excluding carboxylic acids is 1. The van der Waals surface area contributed by atoms with Crippen LogP contribution in [-0.2, 0) is 13.0 Å². The highest BCUT2D eigenvalue weighted by Crippen LogP contribution is 2.22. The lowest BCUT2D eigenvalue weighted by molar-refractivity contribution is 0.0729. The molecule has 4 heteroatoms. The third-order valence-corrected chi connectivity index (χ3v) is 5.36. The van der Waals surface area contributed by atoms with E-state index in [9.17, 15) is 4.79 Å². The van der Waals surface area contributed by atoms with Gasteiger partial charge in [-0.15, -0.1) is 0 Å². The van der Waals surface area contributed by atoms with Gasteiger partial charge in [-0.3, -0.25) is 4.79 Å². The van der Waals surface area contributed by atoms with Crippen LogP contribution < -0.4 is 4.90 Å². The zero-order valence-electron chi connectivity index (χ0n) is 14.7. The van der Waals surface area contributed by atoms with Crippen LogP contribution in [0.1, 0.15) is 47.3 Å². The van der Waals surface area contributed by atoms with E-state index in [0.717, 1.165) is 31.7 Å². The van der Waals surface area contributed by atoms with Gasteiger partial charge in [0, 0.05) is 26.2 Å². The Labute approximate surface area is 149 Å². The number of anilines is 1. The van der Waals surface area contributed by atoms with Crippen LogP contribution >= 0.6 is 0 Å². The normalized spacial score (nSPS) is 17.8. The van der Waals surface area contributed by atoms with Crippen molar-refractivity contribution in [2.24, 2.45) is 0 Å². The van der Waals surface area contributed by atoms with Crippen LogP contribution in [0.5, 0.6) is 0 Å². The lowest BCUT2D eigenvalue weighted by Crippen LogP contribution is -2.36. The molecular weight excluding hydrogens is 310 g/mol. The average Bonchev–Trinajstić information content (AvgIpc) is 2.97. The van der Waals surface area contributed by atoms with Crippen LogP contribution in [0.2, 0.25) is 0 Å². The van der Waals surface area contributed by atoms with Crippen LogP contribution in [0.3, 0.4) is 0 Å². The van der Waals surface area contributed by atoms with Gasteiger partial charge in [-0.1, -0.05) is 37.1 Å². The summed E-state index contributed by atoms with van der Waals surface area (Å²) >= 11 is 0. The molecular formula is C21H25N3O. The Morgan fingerprint density at radius 2 is 1.64 bits per heavy atom. The van der Waals surface area contributed by atoms with Gasteiger partial charge in [0.15, 0.2) is 0 Å². The van der Waals surface area contributed by atoms with Crippen molar-refractivity contribution in [3.63, 3.8) is 0 Å². The van der Waals surface area contributed by atoms with Gasteiger partial charge in [-0.2, -0.15) is 0 Å². The molecule has 0 saturated carbocycles. The number of amides is 1. The van der Waals surface area contributed by atoms with E-state index in [1.165, 1.54) is 36.8 Å². The maximum absolute atomic E-state index is 12.8. The standard InChI is InChI=1S/C21H25N3O/c25-21(24-14-11-17-7-3-4-8-18(17)16-24)20-10-9-19(15-22-20)23-12-5-1-2-6-13-23/h3-4,7-10,15H,1-2,5-6,11-14,16H2. The molecule has 2 aromatic rings. The molecule has 4 nitrogen and oxygen atoms in total. The third kappa shape index (κ3) is 3.53. The minimum atomic E-state index is 0.0388. The van der Waals surface area contributed by atoms with Gasteiger partial charge in [0.2, 0.25) is 0 Å². The van der Waals surface area contributed by atoms with Gasteiger partial charge >= 0.3 is 0 Å². The molecule has 0 N–H and O–H groups in total. The minimum absolute atomic E-state index is 0.0388. The third-order valence-electron chi connectivity index (χ3n) is 5.36. The minimum Gasteiger partial charge on any atom is -0.370 e. The SMILES string of the molecule is O=C(c1ccc(N2CCCCCC2)cn1)N1CCc2ccccc2C1. The number of nitrogens with zero attached hydrogens (tertiary/aromatic N) is 3. The number of pyridine rings is 1. The average molecular weight is 335 g/mol. The molecule has 130 valence electrons. The smallest absolute Gasteiger partial charge is 0.272 e. The number of aromatic nitrogens is 1. The molecule has 1 aromatic heterocycles. The van der Waals surface area contributed by atoms with Crippen molar-refractivity contribution >= 4 is 11.6 Å². The molecule has 0 radical (unpaired) electrons. The molecule has 0 bridgehead atoms. The predicted octanol–water partition coefficient (Wildman–Crippen LogP) is 3.66. The number of carbonyl (C=O) groups is 1. The van der Waals surface area contributed by atoms with Crippen LogP contribution in [0.25, 0.3) is 0 Å². The number of fused-ring (bicyclic) bond motifs is 1. The highest BCUT2D eigenvalue weighted by Gasteiger charge is 2.22. The molecule has 4 rings (SSSR count). The molecule has 0 aliphatic carbocycles. The fourth-order valence-corrected chi connectivity index (χ4v) is 3.86. The molecule has 2 aliphatic rings. The number of rotatable bonds is 2. The van der Waals surface area contributed by atoms with Crippen molar-refractivity contribution in [2.75, 3.05) is 24.5 Å². The molecule has 1 fully saturated rings. The van der Waals surface area contributed by atoms with E-state index in [-0.39, 0.29) is 5.91 Å². The molecule has 1 aromatic carbocycles. The second-order valence-electron chi connectivity index (χ2n) is 7.05. The Morgan fingerprint density at radius 1 is 0.880 bits per heavy atom. The Hall–Kier alpha value is -2.36. The predicted molar refractivity (Wildman–Crippen MR) is 99.8 cm³/mol. The summed E-state index contributed by atoms with van der Waals surface area (Å²) in [6.07, 6.45) is 7.92. The van der Waals surface area contributed by atoms with E-state index in [1.54, 1.807) is 0 Å². The Kier molecular flexibility index (Phi) is 4.68. The van der Waals surface area contributed by atoms with Crippen LogP contribution in [0.4, 0.5) is 5.69 Å². The van der Waals surface area contributed by atoms with Crippen molar-refractivity contribution in [3.05, 3.63) is 59.4 Å². The highest BCUT2D eigenvalue weighted by atomic mass is 16.2. The molecule has 0 atom stereocenters. The fraction of sp³-hybridized carbons (Fsp3) is 0.429. The Balaban J connectivity index is 1.46. The van der Waals surface area contributed by atoms with E-state index in [0.29, 0.717) is 12.2 Å². The maximum Gasteiger partial charge on any atom is 0.272 e. The second-order valence-corrected chi connectivity index (χ2v) is 7.05. The summed E-state index contributed by atoms with van der Waals surface area (Å²) in [4.78, 5) is 21.6. The van der Waals surface area contributed by atoms with E-state index in [4.69, 9.17) is 0 Å². The molecule has 1 saturated heterocycles. The summed E-state index contributed by atoms with van der Waals surface area (Å²) in [5.41, 5.74) is 4.31. The Bertz CT molecular complexity index is 733. The molecule has 0 spiro atoms. The summed E-state index contributed by atoms with van der Waals surface area (Å²) in [6, 6.07) is 12.3. The maximum atomic E-state index is 12.8. The lowest BCUT2D eigenvalue weighted by atomic mass is 10.00. The molecule has 2 aliphatic heterocycles. The first-order valence-corrected chi connectivity index (χ1v) is 9.38. The van der Waals surface area contributed by atoms with E-state index in [2.05, 4.69) is 34.1 Å².